The highest BCUT2D eigenvalue weighted by Gasteiger charge is 2.34. The van der Waals surface area contributed by atoms with Crippen LogP contribution in [0.2, 0.25) is 0 Å². The third-order valence-electron chi connectivity index (χ3n) is 6.82. The van der Waals surface area contributed by atoms with Crippen LogP contribution in [0.1, 0.15) is 24.1 Å². The van der Waals surface area contributed by atoms with Crippen LogP contribution >= 0.6 is 11.3 Å². The van der Waals surface area contributed by atoms with E-state index in [1.165, 1.54) is 38.0 Å². The van der Waals surface area contributed by atoms with Crippen LogP contribution in [0, 0.1) is 10.1 Å². The molecule has 0 aliphatic carbocycles. The number of methoxy groups -OCH3 is 3. The molecular formula is C30H26N4O8S. The molecule has 13 heteroatoms. The first-order valence-electron chi connectivity index (χ1n) is 12.8. The number of phenolic OH excluding ortho intramolecular Hbond substituents is 1. The van der Waals surface area contributed by atoms with Crippen molar-refractivity contribution in [1.82, 2.24) is 4.57 Å². The summed E-state index contributed by atoms with van der Waals surface area (Å²) in [5.41, 5.74) is 0.898. The van der Waals surface area contributed by atoms with Crippen LogP contribution in [-0.4, -0.2) is 41.8 Å². The maximum atomic E-state index is 14.0. The van der Waals surface area contributed by atoms with E-state index in [1.807, 2.05) is 6.07 Å². The monoisotopic (exact) mass is 602 g/mol. The van der Waals surface area contributed by atoms with Gasteiger partial charge in [-0.3, -0.25) is 24.3 Å². The molecule has 0 fully saturated rings. The number of nitro benzene ring substituents is 1. The van der Waals surface area contributed by atoms with E-state index in [0.29, 0.717) is 33.2 Å². The molecule has 5 rings (SSSR count). The summed E-state index contributed by atoms with van der Waals surface area (Å²) in [7, 11) is 4.26. The molecule has 12 nitrogen and oxygen atoms in total. The highest BCUT2D eigenvalue weighted by Crippen LogP contribution is 2.38. The van der Waals surface area contributed by atoms with E-state index in [0.717, 1.165) is 17.4 Å². The van der Waals surface area contributed by atoms with E-state index in [9.17, 15) is 24.8 Å². The Balaban J connectivity index is 1.73. The lowest BCUT2D eigenvalue weighted by molar-refractivity contribution is -0.386. The molecule has 0 saturated carbocycles. The first kappa shape index (κ1) is 29.1. The van der Waals surface area contributed by atoms with Gasteiger partial charge in [-0.1, -0.05) is 29.5 Å². The molecule has 2 N–H and O–H groups in total. The van der Waals surface area contributed by atoms with Crippen LogP contribution in [0.4, 0.5) is 11.4 Å². The number of benzene rings is 3. The second-order valence-electron chi connectivity index (χ2n) is 9.36. The molecule has 0 radical (unpaired) electrons. The second kappa shape index (κ2) is 11.8. The fourth-order valence-corrected chi connectivity index (χ4v) is 5.86. The van der Waals surface area contributed by atoms with Crippen LogP contribution in [0.3, 0.4) is 0 Å². The zero-order valence-corrected chi connectivity index (χ0v) is 24.3. The topological polar surface area (TPSA) is 155 Å². The molecule has 3 aromatic carbocycles. The number of aromatic nitrogens is 1. The highest BCUT2D eigenvalue weighted by molar-refractivity contribution is 7.07. The van der Waals surface area contributed by atoms with Crippen molar-refractivity contribution in [3.05, 3.63) is 113 Å². The number of thiazole rings is 1. The van der Waals surface area contributed by atoms with Crippen molar-refractivity contribution < 1.29 is 29.0 Å². The lowest BCUT2D eigenvalue weighted by Crippen LogP contribution is -2.40. The standard InChI is InChI=1S/C30H26N4O8S/c1-16-25(28(36)32-18-8-6-5-7-9-18)26(20-11-10-19(40-2)15-22(20)41-3)33-29(37)24(43-30(33)31-16)14-17-12-21(34(38)39)27(35)23(13-17)42-4/h5-15,26,35H,1-4H3,(H,32,36)/b24-14-/t26-/m1/s1. The number of nitrogens with zero attached hydrogens (tertiary/aromatic N) is 3. The molecule has 1 aromatic heterocycles. The summed E-state index contributed by atoms with van der Waals surface area (Å²) in [6.45, 7) is 1.69. The number of phenols is 1. The van der Waals surface area contributed by atoms with E-state index in [1.54, 1.807) is 49.4 Å². The van der Waals surface area contributed by atoms with Crippen LogP contribution in [-0.2, 0) is 4.79 Å². The Bertz CT molecular complexity index is 1960. The van der Waals surface area contributed by atoms with Gasteiger partial charge in [0.25, 0.3) is 11.5 Å². The van der Waals surface area contributed by atoms with Crippen molar-refractivity contribution in [2.45, 2.75) is 13.0 Å². The van der Waals surface area contributed by atoms with E-state index in [4.69, 9.17) is 14.2 Å². The van der Waals surface area contributed by atoms with Gasteiger partial charge in [-0.25, -0.2) is 4.99 Å². The van der Waals surface area contributed by atoms with Gasteiger partial charge in [0.05, 0.1) is 42.1 Å². The molecule has 43 heavy (non-hydrogen) atoms. The minimum atomic E-state index is -0.938. The number of amides is 1. The Kier molecular flexibility index (Phi) is 7.99. The molecule has 2 heterocycles. The van der Waals surface area contributed by atoms with Gasteiger partial charge in [0.2, 0.25) is 5.75 Å². The average Bonchev–Trinajstić information content (AvgIpc) is 3.30. The number of carbonyl (C=O) groups excluding carboxylic acids is 1. The van der Waals surface area contributed by atoms with Gasteiger partial charge in [-0.15, -0.1) is 0 Å². The summed E-state index contributed by atoms with van der Waals surface area (Å²) in [6, 6.07) is 15.6. The molecular weight excluding hydrogens is 576 g/mol. The average molecular weight is 603 g/mol. The van der Waals surface area contributed by atoms with Crippen LogP contribution in [0.5, 0.6) is 23.0 Å². The molecule has 1 atom stereocenters. The number of nitrogens with one attached hydrogen (secondary N) is 1. The fourth-order valence-electron chi connectivity index (χ4n) is 4.81. The maximum absolute atomic E-state index is 14.0. The van der Waals surface area contributed by atoms with E-state index < -0.39 is 33.9 Å². The van der Waals surface area contributed by atoms with E-state index in [2.05, 4.69) is 10.3 Å². The van der Waals surface area contributed by atoms with Gasteiger partial charge in [-0.05, 0) is 48.9 Å². The van der Waals surface area contributed by atoms with Gasteiger partial charge in [0.15, 0.2) is 10.6 Å². The summed E-state index contributed by atoms with van der Waals surface area (Å²) >= 11 is 1.05. The predicted octanol–water partition coefficient (Wildman–Crippen LogP) is 3.51. The minimum Gasteiger partial charge on any atom is -0.500 e. The lowest BCUT2D eigenvalue weighted by atomic mass is 9.94. The molecule has 0 unspecified atom stereocenters. The quantitative estimate of drug-likeness (QED) is 0.229. The van der Waals surface area contributed by atoms with E-state index in [-0.39, 0.29) is 21.4 Å². The predicted molar refractivity (Wildman–Crippen MR) is 160 cm³/mol. The molecule has 1 aliphatic rings. The molecule has 0 spiro atoms. The molecule has 1 amide bonds. The number of ether oxygens (including phenoxy) is 3. The zero-order chi connectivity index (χ0) is 30.8. The summed E-state index contributed by atoms with van der Waals surface area (Å²) in [5.74, 6) is -0.292. The van der Waals surface area contributed by atoms with Crippen molar-refractivity contribution in [3.63, 3.8) is 0 Å². The van der Waals surface area contributed by atoms with Crippen LogP contribution < -0.4 is 34.4 Å². The minimum absolute atomic E-state index is 0.121. The lowest BCUT2D eigenvalue weighted by Gasteiger charge is -2.26. The summed E-state index contributed by atoms with van der Waals surface area (Å²) in [5, 5.41) is 24.6. The van der Waals surface area contributed by atoms with Gasteiger partial charge >= 0.3 is 5.69 Å². The normalized spacial score (nSPS) is 14.5. The third kappa shape index (κ3) is 5.45. The van der Waals surface area contributed by atoms with E-state index >= 15 is 0 Å². The SMILES string of the molecule is COc1ccc([C@@H]2C(C(=O)Nc3ccccc3)=C(C)N=c3s/c(=C\c4cc(OC)c(O)c([N+](=O)[O-])c4)c(=O)n32)c(OC)c1. The Morgan fingerprint density at radius 3 is 2.44 bits per heavy atom. The number of hydrogen-bond acceptors (Lipinski definition) is 10. The molecule has 220 valence electrons. The second-order valence-corrected chi connectivity index (χ2v) is 10.4. The molecule has 4 aromatic rings. The Morgan fingerprint density at radius 1 is 1.07 bits per heavy atom. The fraction of sp³-hybridized carbons (Fsp3) is 0.167. The summed E-state index contributed by atoms with van der Waals surface area (Å²) < 4.78 is 17.7. The van der Waals surface area contributed by atoms with Gasteiger partial charge in [0, 0.05) is 23.4 Å². The van der Waals surface area contributed by atoms with Gasteiger partial charge < -0.3 is 24.6 Å². The van der Waals surface area contributed by atoms with Crippen molar-refractivity contribution in [3.8, 4) is 23.0 Å². The number of hydrogen-bond donors (Lipinski definition) is 2. The van der Waals surface area contributed by atoms with Crippen molar-refractivity contribution >= 4 is 34.7 Å². The number of para-hydroxylation sites is 1. The summed E-state index contributed by atoms with van der Waals surface area (Å²) in [4.78, 5) is 43.5. The Labute approximate surface area is 248 Å². The van der Waals surface area contributed by atoms with Gasteiger partial charge in [0.1, 0.15) is 17.5 Å². The first-order chi connectivity index (χ1) is 20.7. The smallest absolute Gasteiger partial charge is 0.315 e. The molecule has 0 bridgehead atoms. The van der Waals surface area contributed by atoms with Crippen molar-refractivity contribution in [2.24, 2.45) is 4.99 Å². The molecule has 0 saturated heterocycles. The largest absolute Gasteiger partial charge is 0.500 e. The third-order valence-corrected chi connectivity index (χ3v) is 7.81. The Hall–Kier alpha value is -5.43. The number of anilines is 1. The number of carbonyl (C=O) groups is 1. The van der Waals surface area contributed by atoms with Gasteiger partial charge in [-0.2, -0.15) is 0 Å². The van der Waals surface area contributed by atoms with Crippen LogP contribution in [0.15, 0.2) is 81.7 Å². The number of aromatic hydroxyl groups is 1. The summed E-state index contributed by atoms with van der Waals surface area (Å²) in [6.07, 6.45) is 1.45. The number of allylic oxidation sites excluding steroid dienone is 1. The zero-order valence-electron chi connectivity index (χ0n) is 23.5. The first-order valence-corrected chi connectivity index (χ1v) is 13.6. The number of rotatable bonds is 8. The number of fused-ring (bicyclic) bond motifs is 1. The van der Waals surface area contributed by atoms with Crippen molar-refractivity contribution in [1.29, 1.82) is 0 Å². The Morgan fingerprint density at radius 2 is 1.79 bits per heavy atom. The number of nitro groups is 1. The molecule has 1 aliphatic heterocycles. The maximum Gasteiger partial charge on any atom is 0.315 e. The van der Waals surface area contributed by atoms with Crippen LogP contribution in [0.25, 0.3) is 6.08 Å². The van der Waals surface area contributed by atoms with Crippen molar-refractivity contribution in [2.75, 3.05) is 26.6 Å². The highest BCUT2D eigenvalue weighted by atomic mass is 32.1.